The van der Waals surface area contributed by atoms with Gasteiger partial charge in [-0.1, -0.05) is 25.0 Å². The molecule has 0 heterocycles. The molecule has 1 N–H and O–H groups in total. The van der Waals surface area contributed by atoms with E-state index in [-0.39, 0.29) is 17.9 Å². The van der Waals surface area contributed by atoms with Gasteiger partial charge in [-0.25, -0.2) is 0 Å². The monoisotopic (exact) mass is 468 g/mol. The van der Waals surface area contributed by atoms with Crippen molar-refractivity contribution in [2.45, 2.75) is 64.1 Å². The molecule has 0 aromatic heterocycles. The van der Waals surface area contributed by atoms with Crippen molar-refractivity contribution in [3.8, 4) is 17.2 Å². The fourth-order valence-corrected chi connectivity index (χ4v) is 4.17. The maximum atomic E-state index is 13.2. The number of nitrogens with one attached hydrogen (secondary N) is 1. The molecule has 3 rings (SSSR count). The average molecular weight is 469 g/mol. The van der Waals surface area contributed by atoms with Gasteiger partial charge < -0.3 is 24.4 Å². The summed E-state index contributed by atoms with van der Waals surface area (Å²) in [6, 6.07) is 14.6. The third-order valence-electron chi connectivity index (χ3n) is 6.22. The Kier molecular flexibility index (Phi) is 9.62. The molecule has 0 saturated heterocycles. The van der Waals surface area contributed by atoms with Crippen LogP contribution in [-0.4, -0.2) is 49.6 Å². The molecule has 1 atom stereocenters. The first kappa shape index (κ1) is 25.4. The van der Waals surface area contributed by atoms with Gasteiger partial charge in [0, 0.05) is 19.0 Å². The Hall–Kier alpha value is -3.22. The second-order valence-corrected chi connectivity index (χ2v) is 8.67. The number of carbonyl (C=O) groups is 2. The Bertz CT molecular complexity index is 925. The van der Waals surface area contributed by atoms with E-state index in [1.807, 2.05) is 48.5 Å². The lowest BCUT2D eigenvalue weighted by atomic mass is 10.1. The zero-order valence-corrected chi connectivity index (χ0v) is 20.4. The van der Waals surface area contributed by atoms with Crippen LogP contribution < -0.4 is 19.5 Å². The van der Waals surface area contributed by atoms with E-state index in [0.717, 1.165) is 48.5 Å². The van der Waals surface area contributed by atoms with Crippen molar-refractivity contribution < 1.29 is 23.8 Å². The molecule has 2 aromatic rings. The first-order valence-electron chi connectivity index (χ1n) is 12.0. The van der Waals surface area contributed by atoms with Gasteiger partial charge in [-0.15, -0.1) is 0 Å². The molecule has 34 heavy (non-hydrogen) atoms. The Morgan fingerprint density at radius 2 is 1.68 bits per heavy atom. The summed E-state index contributed by atoms with van der Waals surface area (Å²) in [6.07, 6.45) is 5.13. The zero-order valence-electron chi connectivity index (χ0n) is 20.4. The van der Waals surface area contributed by atoms with Crippen molar-refractivity contribution in [1.82, 2.24) is 10.2 Å². The molecule has 1 aliphatic carbocycles. The van der Waals surface area contributed by atoms with Gasteiger partial charge in [-0.2, -0.15) is 0 Å². The zero-order chi connectivity index (χ0) is 24.3. The Morgan fingerprint density at radius 3 is 2.35 bits per heavy atom. The highest BCUT2D eigenvalue weighted by atomic mass is 16.5. The molecule has 2 aromatic carbocycles. The summed E-state index contributed by atoms with van der Waals surface area (Å²) in [5, 5.41) is 3.13. The number of hydrogen-bond acceptors (Lipinski definition) is 5. The van der Waals surface area contributed by atoms with Gasteiger partial charge in [-0.3, -0.25) is 9.59 Å². The topological polar surface area (TPSA) is 77.1 Å². The third kappa shape index (κ3) is 7.40. The largest absolute Gasteiger partial charge is 0.497 e. The third-order valence-corrected chi connectivity index (χ3v) is 6.22. The maximum absolute atomic E-state index is 13.2. The number of benzene rings is 2. The van der Waals surface area contributed by atoms with E-state index < -0.39 is 6.04 Å². The lowest BCUT2D eigenvalue weighted by molar-refractivity contribution is -0.141. The number of methoxy groups -OCH3 is 2. The molecule has 184 valence electrons. The van der Waals surface area contributed by atoms with E-state index in [1.165, 1.54) is 0 Å². The smallest absolute Gasteiger partial charge is 0.242 e. The molecule has 0 radical (unpaired) electrons. The average Bonchev–Trinajstić information content (AvgIpc) is 3.38. The molecule has 2 amide bonds. The van der Waals surface area contributed by atoms with Crippen LogP contribution in [0.5, 0.6) is 17.2 Å². The highest BCUT2D eigenvalue weighted by Gasteiger charge is 2.28. The highest BCUT2D eigenvalue weighted by molar-refractivity contribution is 5.87. The molecule has 7 heteroatoms. The van der Waals surface area contributed by atoms with Gasteiger partial charge in [0.05, 0.1) is 20.8 Å². The predicted octanol–water partition coefficient (Wildman–Crippen LogP) is 4.34. The van der Waals surface area contributed by atoms with Crippen molar-refractivity contribution >= 4 is 11.8 Å². The number of amides is 2. The molecule has 7 nitrogen and oxygen atoms in total. The quantitative estimate of drug-likeness (QED) is 0.469. The Labute approximate surface area is 202 Å². The minimum absolute atomic E-state index is 0.0739. The van der Waals surface area contributed by atoms with Crippen LogP contribution >= 0.6 is 0 Å². The molecule has 0 spiro atoms. The highest BCUT2D eigenvalue weighted by Crippen LogP contribution is 2.21. The van der Waals surface area contributed by atoms with Crippen LogP contribution in [0, 0.1) is 0 Å². The van der Waals surface area contributed by atoms with Crippen molar-refractivity contribution in [1.29, 1.82) is 0 Å². The summed E-state index contributed by atoms with van der Waals surface area (Å²) in [7, 11) is 3.23. The van der Waals surface area contributed by atoms with E-state index in [0.29, 0.717) is 26.0 Å². The predicted molar refractivity (Wildman–Crippen MR) is 131 cm³/mol. The van der Waals surface area contributed by atoms with Gasteiger partial charge in [-0.05, 0) is 68.1 Å². The van der Waals surface area contributed by atoms with Crippen LogP contribution in [-0.2, 0) is 16.1 Å². The molecular formula is C27H36N2O5. The Balaban J connectivity index is 1.60. The van der Waals surface area contributed by atoms with Gasteiger partial charge in [0.25, 0.3) is 0 Å². The van der Waals surface area contributed by atoms with Crippen LogP contribution in [0.2, 0.25) is 0 Å². The van der Waals surface area contributed by atoms with E-state index in [2.05, 4.69) is 5.32 Å². The summed E-state index contributed by atoms with van der Waals surface area (Å²) >= 11 is 0. The number of rotatable bonds is 12. The van der Waals surface area contributed by atoms with Crippen LogP contribution in [0.15, 0.2) is 48.5 Å². The maximum Gasteiger partial charge on any atom is 0.242 e. The van der Waals surface area contributed by atoms with E-state index >= 15 is 0 Å². The molecule has 1 saturated carbocycles. The molecular weight excluding hydrogens is 432 g/mol. The van der Waals surface area contributed by atoms with Crippen molar-refractivity contribution in [2.24, 2.45) is 0 Å². The molecule has 0 bridgehead atoms. The second-order valence-electron chi connectivity index (χ2n) is 8.67. The molecule has 1 unspecified atom stereocenters. The SMILES string of the molecule is COc1ccc(OCCCC(=O)N(Cc2cccc(OC)c2)C(C)C(=O)NC2CCCC2)cc1. The molecule has 1 aliphatic rings. The van der Waals surface area contributed by atoms with Gasteiger partial charge in [0.1, 0.15) is 23.3 Å². The van der Waals surface area contributed by atoms with Gasteiger partial charge >= 0.3 is 0 Å². The summed E-state index contributed by atoms with van der Waals surface area (Å²) in [4.78, 5) is 27.8. The first-order valence-corrected chi connectivity index (χ1v) is 12.0. The standard InChI is InChI=1S/C27H36N2O5/c1-20(27(31)28-22-9-4-5-10-22)29(19-21-8-6-11-25(18-21)33-3)26(30)12-7-17-34-24-15-13-23(32-2)14-16-24/h6,8,11,13-16,18,20,22H,4-5,7,9-10,12,17,19H2,1-3H3,(H,28,31). The van der Waals surface area contributed by atoms with E-state index in [4.69, 9.17) is 14.2 Å². The van der Waals surface area contributed by atoms with Crippen molar-refractivity contribution in [2.75, 3.05) is 20.8 Å². The van der Waals surface area contributed by atoms with Crippen LogP contribution in [0.3, 0.4) is 0 Å². The van der Waals surface area contributed by atoms with Crippen LogP contribution in [0.4, 0.5) is 0 Å². The summed E-state index contributed by atoms with van der Waals surface area (Å²) in [5.41, 5.74) is 0.919. The number of hydrogen-bond donors (Lipinski definition) is 1. The minimum atomic E-state index is -0.568. The lowest BCUT2D eigenvalue weighted by Crippen LogP contribution is -2.49. The van der Waals surface area contributed by atoms with E-state index in [1.54, 1.807) is 26.0 Å². The number of nitrogens with zero attached hydrogens (tertiary/aromatic N) is 1. The molecule has 0 aliphatic heterocycles. The summed E-state index contributed by atoms with van der Waals surface area (Å²) in [6.45, 7) is 2.55. The second kappa shape index (κ2) is 12.9. The van der Waals surface area contributed by atoms with Crippen molar-refractivity contribution in [3.05, 3.63) is 54.1 Å². The number of carbonyl (C=O) groups excluding carboxylic acids is 2. The fourth-order valence-electron chi connectivity index (χ4n) is 4.17. The lowest BCUT2D eigenvalue weighted by Gasteiger charge is -2.30. The van der Waals surface area contributed by atoms with Crippen LogP contribution in [0.1, 0.15) is 51.0 Å². The summed E-state index contributed by atoms with van der Waals surface area (Å²) in [5.74, 6) is 2.04. The fraction of sp³-hybridized carbons (Fsp3) is 0.481. The van der Waals surface area contributed by atoms with Crippen LogP contribution in [0.25, 0.3) is 0 Å². The first-order chi connectivity index (χ1) is 16.5. The normalized spacial score (nSPS) is 14.3. The van der Waals surface area contributed by atoms with Crippen molar-refractivity contribution in [3.63, 3.8) is 0 Å². The minimum Gasteiger partial charge on any atom is -0.497 e. The van der Waals surface area contributed by atoms with Gasteiger partial charge in [0.15, 0.2) is 0 Å². The number of ether oxygens (including phenoxy) is 3. The molecule has 1 fully saturated rings. The summed E-state index contributed by atoms with van der Waals surface area (Å²) < 4.78 is 16.2. The van der Waals surface area contributed by atoms with E-state index in [9.17, 15) is 9.59 Å². The Morgan fingerprint density at radius 1 is 1.00 bits per heavy atom. The van der Waals surface area contributed by atoms with Gasteiger partial charge in [0.2, 0.25) is 11.8 Å².